The van der Waals surface area contributed by atoms with Crippen molar-refractivity contribution in [3.8, 4) is 5.69 Å². The van der Waals surface area contributed by atoms with E-state index in [1.54, 1.807) is 17.1 Å². The Morgan fingerprint density at radius 3 is 2.38 bits per heavy atom. The molecular formula is C17H12N4O3. The minimum Gasteiger partial charge on any atom is -0.289 e. The Bertz CT molecular complexity index is 883. The maximum atomic E-state index is 12.1. The third-order valence-corrected chi connectivity index (χ3v) is 3.37. The Morgan fingerprint density at radius 2 is 1.79 bits per heavy atom. The van der Waals surface area contributed by atoms with Crippen LogP contribution in [0, 0.1) is 10.1 Å². The minimum atomic E-state index is -0.499. The Kier molecular flexibility index (Phi) is 4.24. The molecule has 0 aliphatic rings. The smallest absolute Gasteiger partial charge is 0.269 e. The van der Waals surface area contributed by atoms with Gasteiger partial charge < -0.3 is 0 Å². The highest BCUT2D eigenvalue weighted by atomic mass is 16.6. The van der Waals surface area contributed by atoms with E-state index < -0.39 is 4.92 Å². The van der Waals surface area contributed by atoms with Crippen LogP contribution in [-0.2, 0) is 0 Å². The number of benzene rings is 2. The van der Waals surface area contributed by atoms with Crippen LogP contribution in [0.1, 0.15) is 15.9 Å². The Labute approximate surface area is 137 Å². The van der Waals surface area contributed by atoms with Gasteiger partial charge in [0, 0.05) is 17.7 Å². The van der Waals surface area contributed by atoms with E-state index in [0.29, 0.717) is 5.56 Å². The van der Waals surface area contributed by atoms with Crippen molar-refractivity contribution in [3.63, 3.8) is 0 Å². The monoisotopic (exact) mass is 320 g/mol. The molecule has 0 aliphatic carbocycles. The molecule has 0 N–H and O–H groups in total. The van der Waals surface area contributed by atoms with Crippen molar-refractivity contribution in [1.82, 2.24) is 14.8 Å². The minimum absolute atomic E-state index is 0.0424. The second-order valence-corrected chi connectivity index (χ2v) is 4.93. The molecule has 0 unspecified atom stereocenters. The number of carbonyl (C=O) groups is 1. The molecule has 7 nitrogen and oxygen atoms in total. The van der Waals surface area contributed by atoms with Crippen LogP contribution in [0.15, 0.2) is 67.3 Å². The van der Waals surface area contributed by atoms with Gasteiger partial charge in [0.1, 0.15) is 12.7 Å². The van der Waals surface area contributed by atoms with E-state index in [0.717, 1.165) is 11.3 Å². The number of hydrogen-bond donors (Lipinski definition) is 0. The molecule has 0 aliphatic heterocycles. The lowest BCUT2D eigenvalue weighted by Crippen LogP contribution is -1.95. The van der Waals surface area contributed by atoms with Gasteiger partial charge >= 0.3 is 0 Å². The average Bonchev–Trinajstić information content (AvgIpc) is 3.15. The lowest BCUT2D eigenvalue weighted by atomic mass is 10.1. The summed E-state index contributed by atoms with van der Waals surface area (Å²) in [4.78, 5) is 26.1. The van der Waals surface area contributed by atoms with Crippen molar-refractivity contribution >= 4 is 17.5 Å². The largest absolute Gasteiger partial charge is 0.289 e. The molecule has 1 aromatic heterocycles. The first kappa shape index (κ1) is 15.3. The van der Waals surface area contributed by atoms with Gasteiger partial charge in [0.25, 0.3) is 5.69 Å². The number of ketones is 1. The van der Waals surface area contributed by atoms with E-state index in [-0.39, 0.29) is 11.5 Å². The van der Waals surface area contributed by atoms with Crippen LogP contribution in [0.4, 0.5) is 5.69 Å². The van der Waals surface area contributed by atoms with E-state index in [1.165, 1.54) is 36.7 Å². The fourth-order valence-electron chi connectivity index (χ4n) is 2.10. The predicted molar refractivity (Wildman–Crippen MR) is 87.8 cm³/mol. The number of allylic oxidation sites excluding steroid dienone is 1. The van der Waals surface area contributed by atoms with Crippen molar-refractivity contribution in [2.45, 2.75) is 0 Å². The number of nitrogens with zero attached hydrogens (tertiary/aromatic N) is 4. The van der Waals surface area contributed by atoms with Crippen molar-refractivity contribution in [1.29, 1.82) is 0 Å². The summed E-state index contributed by atoms with van der Waals surface area (Å²) in [6.07, 6.45) is 6.18. The van der Waals surface area contributed by atoms with Crippen molar-refractivity contribution in [3.05, 3.63) is 88.5 Å². The Morgan fingerprint density at radius 1 is 1.08 bits per heavy atom. The Hall–Kier alpha value is -3.61. The van der Waals surface area contributed by atoms with Crippen molar-refractivity contribution < 1.29 is 9.72 Å². The molecule has 1 heterocycles. The van der Waals surface area contributed by atoms with Crippen LogP contribution in [0.3, 0.4) is 0 Å². The number of aromatic nitrogens is 3. The maximum absolute atomic E-state index is 12.1. The first-order chi connectivity index (χ1) is 11.6. The predicted octanol–water partition coefficient (Wildman–Crippen LogP) is 3.07. The fourth-order valence-corrected chi connectivity index (χ4v) is 2.10. The van der Waals surface area contributed by atoms with Crippen molar-refractivity contribution in [2.75, 3.05) is 0 Å². The molecule has 118 valence electrons. The van der Waals surface area contributed by atoms with Gasteiger partial charge in [-0.15, -0.1) is 0 Å². The fraction of sp³-hybridized carbons (Fsp3) is 0. The summed E-state index contributed by atoms with van der Waals surface area (Å²) in [5.74, 6) is -0.217. The molecule has 0 radical (unpaired) electrons. The highest BCUT2D eigenvalue weighted by Crippen LogP contribution is 2.14. The number of hydrogen-bond acceptors (Lipinski definition) is 5. The summed E-state index contributed by atoms with van der Waals surface area (Å²) >= 11 is 0. The van der Waals surface area contributed by atoms with Gasteiger partial charge in [-0.05, 0) is 35.9 Å². The summed E-state index contributed by atoms with van der Waals surface area (Å²) < 4.78 is 1.63. The standard InChI is InChI=1S/C17H12N4O3/c22-17(14-4-8-16(9-5-14)21(23)24)10-3-13-1-6-15(7-2-13)20-12-18-11-19-20/h1-12H/b10-3+. The molecule has 24 heavy (non-hydrogen) atoms. The van der Waals surface area contributed by atoms with E-state index in [2.05, 4.69) is 10.1 Å². The topological polar surface area (TPSA) is 90.9 Å². The van der Waals surface area contributed by atoms with E-state index in [4.69, 9.17) is 0 Å². The van der Waals surface area contributed by atoms with Gasteiger partial charge in [-0.25, -0.2) is 9.67 Å². The zero-order valence-corrected chi connectivity index (χ0v) is 12.4. The van der Waals surface area contributed by atoms with E-state index in [9.17, 15) is 14.9 Å². The molecule has 2 aromatic carbocycles. The third-order valence-electron chi connectivity index (χ3n) is 3.37. The Balaban J connectivity index is 1.70. The van der Waals surface area contributed by atoms with Crippen LogP contribution in [0.5, 0.6) is 0 Å². The van der Waals surface area contributed by atoms with Gasteiger partial charge in [-0.3, -0.25) is 14.9 Å². The lowest BCUT2D eigenvalue weighted by molar-refractivity contribution is -0.384. The first-order valence-electron chi connectivity index (χ1n) is 7.05. The van der Waals surface area contributed by atoms with Crippen molar-refractivity contribution in [2.24, 2.45) is 0 Å². The average molecular weight is 320 g/mol. The number of carbonyl (C=O) groups excluding carboxylic acids is 1. The normalized spacial score (nSPS) is 10.8. The SMILES string of the molecule is O=C(/C=C/c1ccc(-n2cncn2)cc1)c1ccc([N+](=O)[O-])cc1. The van der Waals surface area contributed by atoms with Gasteiger partial charge in [0.2, 0.25) is 0 Å². The zero-order chi connectivity index (χ0) is 16.9. The van der Waals surface area contributed by atoms with Crippen LogP contribution in [-0.4, -0.2) is 25.5 Å². The third kappa shape index (κ3) is 3.41. The van der Waals surface area contributed by atoms with Gasteiger partial charge in [0.15, 0.2) is 5.78 Å². The molecule has 0 saturated carbocycles. The summed E-state index contributed by atoms with van der Waals surface area (Å²) in [6, 6.07) is 13.0. The molecule has 0 spiro atoms. The van der Waals surface area contributed by atoms with E-state index >= 15 is 0 Å². The molecule has 0 saturated heterocycles. The summed E-state index contributed by atoms with van der Waals surface area (Å²) in [5, 5.41) is 14.6. The highest BCUT2D eigenvalue weighted by Gasteiger charge is 2.07. The molecule has 3 rings (SSSR count). The molecule has 3 aromatic rings. The first-order valence-corrected chi connectivity index (χ1v) is 7.05. The lowest BCUT2D eigenvalue weighted by Gasteiger charge is -2.00. The quantitative estimate of drug-likeness (QED) is 0.312. The zero-order valence-electron chi connectivity index (χ0n) is 12.4. The van der Waals surface area contributed by atoms with Crippen LogP contribution in [0.2, 0.25) is 0 Å². The second-order valence-electron chi connectivity index (χ2n) is 4.93. The molecule has 7 heteroatoms. The number of nitro groups is 1. The van der Waals surface area contributed by atoms with Gasteiger partial charge in [-0.1, -0.05) is 18.2 Å². The maximum Gasteiger partial charge on any atom is 0.269 e. The van der Waals surface area contributed by atoms with Gasteiger partial charge in [0.05, 0.1) is 10.6 Å². The summed E-state index contributed by atoms with van der Waals surface area (Å²) in [5.41, 5.74) is 2.08. The number of rotatable bonds is 5. The number of nitro benzene ring substituents is 1. The second kappa shape index (κ2) is 6.66. The summed E-state index contributed by atoms with van der Waals surface area (Å²) in [7, 11) is 0. The highest BCUT2D eigenvalue weighted by molar-refractivity contribution is 6.06. The van der Waals surface area contributed by atoms with Crippen LogP contribution in [0.25, 0.3) is 11.8 Å². The molecule has 0 fully saturated rings. The van der Waals surface area contributed by atoms with Crippen LogP contribution >= 0.6 is 0 Å². The molecular weight excluding hydrogens is 308 g/mol. The molecule has 0 atom stereocenters. The van der Waals surface area contributed by atoms with Gasteiger partial charge in [-0.2, -0.15) is 5.10 Å². The van der Waals surface area contributed by atoms with Crippen LogP contribution < -0.4 is 0 Å². The summed E-state index contributed by atoms with van der Waals surface area (Å²) in [6.45, 7) is 0. The van der Waals surface area contributed by atoms with E-state index in [1.807, 2.05) is 24.3 Å². The molecule has 0 amide bonds. The number of non-ortho nitro benzene ring substituents is 1. The molecule has 0 bridgehead atoms.